The van der Waals surface area contributed by atoms with E-state index in [9.17, 15) is 14.4 Å². The Bertz CT molecular complexity index is 1720. The van der Waals surface area contributed by atoms with E-state index in [0.717, 1.165) is 11.6 Å². The molecule has 0 radical (unpaired) electrons. The Morgan fingerprint density at radius 2 is 1.68 bits per heavy atom. The number of benzene rings is 3. The SMILES string of the molecule is CC1(c2ccccc2)CC(C)(C)N2C(=O)C(=CC(=O)c3cc4ccccc4oc3=O)c3cc(F)cc1c32. The van der Waals surface area contributed by atoms with Crippen LogP contribution in [0.5, 0.6) is 0 Å². The second kappa shape index (κ2) is 7.84. The highest BCUT2D eigenvalue weighted by Gasteiger charge is 2.53. The van der Waals surface area contributed by atoms with Crippen LogP contribution in [0.15, 0.2) is 88.1 Å². The van der Waals surface area contributed by atoms with Crippen molar-refractivity contribution in [1.82, 2.24) is 0 Å². The van der Waals surface area contributed by atoms with Gasteiger partial charge in [0.15, 0.2) is 5.78 Å². The molecule has 6 rings (SSSR count). The van der Waals surface area contributed by atoms with Crippen LogP contribution < -0.4 is 10.5 Å². The first-order valence-corrected chi connectivity index (χ1v) is 12.1. The molecule has 4 aromatic rings. The number of fused-ring (bicyclic) bond motifs is 1. The summed E-state index contributed by atoms with van der Waals surface area (Å²) in [4.78, 5) is 41.4. The van der Waals surface area contributed by atoms with Crippen LogP contribution in [0, 0.1) is 5.82 Å². The molecule has 1 amide bonds. The first kappa shape index (κ1) is 23.1. The van der Waals surface area contributed by atoms with Gasteiger partial charge in [0, 0.05) is 21.9 Å². The molecule has 37 heavy (non-hydrogen) atoms. The second-order valence-corrected chi connectivity index (χ2v) is 10.6. The molecule has 1 atom stereocenters. The highest BCUT2D eigenvalue weighted by Crippen LogP contribution is 2.56. The summed E-state index contributed by atoms with van der Waals surface area (Å²) in [7, 11) is 0. The van der Waals surface area contributed by atoms with Crippen LogP contribution in [0.3, 0.4) is 0 Å². The highest BCUT2D eigenvalue weighted by molar-refractivity contribution is 6.36. The van der Waals surface area contributed by atoms with Gasteiger partial charge in [0.1, 0.15) is 17.0 Å². The Balaban J connectivity index is 1.55. The minimum absolute atomic E-state index is 0.0682. The molecule has 6 heteroatoms. The lowest BCUT2D eigenvalue weighted by atomic mass is 9.65. The lowest BCUT2D eigenvalue weighted by Crippen LogP contribution is -2.54. The van der Waals surface area contributed by atoms with Gasteiger partial charge in [-0.3, -0.25) is 9.59 Å². The number of anilines is 1. The number of carbonyl (C=O) groups is 2. The van der Waals surface area contributed by atoms with E-state index in [1.165, 1.54) is 18.2 Å². The molecule has 0 saturated heterocycles. The molecule has 0 saturated carbocycles. The van der Waals surface area contributed by atoms with Gasteiger partial charge in [-0.15, -0.1) is 0 Å². The van der Waals surface area contributed by atoms with Gasteiger partial charge >= 0.3 is 5.63 Å². The van der Waals surface area contributed by atoms with Gasteiger partial charge in [-0.05, 0) is 61.7 Å². The molecule has 3 aromatic carbocycles. The largest absolute Gasteiger partial charge is 0.422 e. The van der Waals surface area contributed by atoms with Gasteiger partial charge in [-0.25, -0.2) is 9.18 Å². The zero-order valence-electron chi connectivity index (χ0n) is 20.7. The Hall–Kier alpha value is -4.32. The van der Waals surface area contributed by atoms with Gasteiger partial charge < -0.3 is 9.32 Å². The summed E-state index contributed by atoms with van der Waals surface area (Å²) in [6.07, 6.45) is 1.70. The van der Waals surface area contributed by atoms with Crippen molar-refractivity contribution >= 4 is 33.9 Å². The van der Waals surface area contributed by atoms with Crippen molar-refractivity contribution in [2.24, 2.45) is 0 Å². The third kappa shape index (κ3) is 3.39. The molecule has 1 unspecified atom stereocenters. The second-order valence-electron chi connectivity index (χ2n) is 10.6. The Labute approximate surface area is 212 Å². The van der Waals surface area contributed by atoms with Crippen LogP contribution in [0.25, 0.3) is 16.5 Å². The van der Waals surface area contributed by atoms with E-state index in [1.54, 1.807) is 29.2 Å². The quantitative estimate of drug-likeness (QED) is 0.198. The van der Waals surface area contributed by atoms with Crippen molar-refractivity contribution in [1.29, 1.82) is 0 Å². The summed E-state index contributed by atoms with van der Waals surface area (Å²) < 4.78 is 20.4. The van der Waals surface area contributed by atoms with Crippen molar-refractivity contribution in [3.8, 4) is 0 Å². The van der Waals surface area contributed by atoms with Crippen LogP contribution >= 0.6 is 0 Å². The van der Waals surface area contributed by atoms with Crippen LogP contribution in [0.2, 0.25) is 0 Å². The molecule has 184 valence electrons. The average molecular weight is 494 g/mol. The van der Waals surface area contributed by atoms with Crippen LogP contribution in [0.4, 0.5) is 10.1 Å². The number of hydrogen-bond donors (Lipinski definition) is 0. The van der Waals surface area contributed by atoms with Crippen molar-refractivity contribution in [3.63, 3.8) is 0 Å². The molecule has 3 heterocycles. The molecule has 2 aliphatic rings. The van der Waals surface area contributed by atoms with Crippen molar-refractivity contribution < 1.29 is 18.4 Å². The van der Waals surface area contributed by atoms with E-state index < -0.39 is 28.2 Å². The zero-order chi connectivity index (χ0) is 26.1. The number of rotatable bonds is 3. The Morgan fingerprint density at radius 3 is 2.43 bits per heavy atom. The number of amides is 1. The minimum atomic E-state index is -0.788. The molecular formula is C31H24FNO4. The lowest BCUT2D eigenvalue weighted by Gasteiger charge is -2.49. The van der Waals surface area contributed by atoms with Crippen molar-refractivity contribution in [2.75, 3.05) is 4.90 Å². The molecular weight excluding hydrogens is 469 g/mol. The third-order valence-electron chi connectivity index (χ3n) is 7.60. The molecule has 0 N–H and O–H groups in total. The van der Waals surface area contributed by atoms with E-state index in [2.05, 4.69) is 6.92 Å². The van der Waals surface area contributed by atoms with Crippen LogP contribution in [0.1, 0.15) is 54.2 Å². The van der Waals surface area contributed by atoms with E-state index >= 15 is 4.39 Å². The highest BCUT2D eigenvalue weighted by atomic mass is 19.1. The molecule has 0 aliphatic carbocycles. The number of para-hydroxylation sites is 1. The summed E-state index contributed by atoms with van der Waals surface area (Å²) in [5, 5.41) is 0.592. The Kier molecular flexibility index (Phi) is 4.89. The fraction of sp³-hybridized carbons (Fsp3) is 0.194. The number of nitrogens with zero attached hydrogens (tertiary/aromatic N) is 1. The smallest absolute Gasteiger partial charge is 0.347 e. The first-order chi connectivity index (χ1) is 17.6. The molecule has 1 aromatic heterocycles. The number of halogens is 1. The predicted molar refractivity (Wildman–Crippen MR) is 140 cm³/mol. The maximum atomic E-state index is 15.1. The number of allylic oxidation sites excluding steroid dienone is 1. The minimum Gasteiger partial charge on any atom is -0.422 e. The lowest BCUT2D eigenvalue weighted by molar-refractivity contribution is -0.114. The van der Waals surface area contributed by atoms with Crippen molar-refractivity contribution in [3.05, 3.63) is 117 Å². The van der Waals surface area contributed by atoms with Gasteiger partial charge in [0.25, 0.3) is 5.91 Å². The fourth-order valence-corrected chi connectivity index (χ4v) is 6.07. The average Bonchev–Trinajstić information content (AvgIpc) is 3.14. The summed E-state index contributed by atoms with van der Waals surface area (Å²) in [5.41, 5.74) is 0.959. The van der Waals surface area contributed by atoms with Gasteiger partial charge in [-0.1, -0.05) is 55.5 Å². The predicted octanol–water partition coefficient (Wildman–Crippen LogP) is 6.03. The first-order valence-electron chi connectivity index (χ1n) is 12.1. The van der Waals surface area contributed by atoms with E-state index in [1.807, 2.05) is 44.2 Å². The summed E-state index contributed by atoms with van der Waals surface area (Å²) in [5.74, 6) is -1.54. The standard InChI is InChI=1S/C31H24FNO4/c1-30(2)17-31(3,19-10-5-4-6-11-19)24-15-20(32)14-21-22(28(35)33(30)27(21)24)16-25(34)23-13-18-9-7-8-12-26(18)37-29(23)36/h4-16H,17H2,1-3H3. The van der Waals surface area contributed by atoms with E-state index in [4.69, 9.17) is 4.42 Å². The van der Waals surface area contributed by atoms with Crippen LogP contribution in [-0.4, -0.2) is 17.2 Å². The van der Waals surface area contributed by atoms with Gasteiger partial charge in [0.2, 0.25) is 0 Å². The topological polar surface area (TPSA) is 67.6 Å². The number of hydrogen-bond acceptors (Lipinski definition) is 4. The summed E-state index contributed by atoms with van der Waals surface area (Å²) >= 11 is 0. The normalized spacial score (nSPS) is 20.9. The molecule has 0 fully saturated rings. The molecule has 0 bridgehead atoms. The molecule has 0 spiro atoms. The van der Waals surface area contributed by atoms with Crippen molar-refractivity contribution in [2.45, 2.75) is 38.1 Å². The molecule has 2 aliphatic heterocycles. The zero-order valence-corrected chi connectivity index (χ0v) is 20.7. The number of ketones is 1. The van der Waals surface area contributed by atoms with Gasteiger partial charge in [0.05, 0.1) is 11.3 Å². The monoisotopic (exact) mass is 493 g/mol. The Morgan fingerprint density at radius 1 is 0.973 bits per heavy atom. The molecule has 5 nitrogen and oxygen atoms in total. The maximum absolute atomic E-state index is 15.1. The maximum Gasteiger partial charge on any atom is 0.347 e. The fourth-order valence-electron chi connectivity index (χ4n) is 6.07. The third-order valence-corrected chi connectivity index (χ3v) is 7.60. The summed E-state index contributed by atoms with van der Waals surface area (Å²) in [6, 6.07) is 21.0. The summed E-state index contributed by atoms with van der Waals surface area (Å²) in [6.45, 7) is 6.02. The van der Waals surface area contributed by atoms with Gasteiger partial charge in [-0.2, -0.15) is 0 Å². The van der Waals surface area contributed by atoms with Crippen LogP contribution in [-0.2, 0) is 10.2 Å². The van der Waals surface area contributed by atoms with E-state index in [0.29, 0.717) is 34.2 Å². The van der Waals surface area contributed by atoms with E-state index in [-0.39, 0.29) is 17.0 Å². The number of carbonyl (C=O) groups excluding carboxylic acids is 2.